The molecular weight excluding hydrogens is 519 g/mol. The maximum Gasteiger partial charge on any atom is 0.573 e. The molecule has 4 rings (SSSR count). The van der Waals surface area contributed by atoms with Gasteiger partial charge in [-0.1, -0.05) is 30.3 Å². The zero-order valence-corrected chi connectivity index (χ0v) is 21.4. The van der Waals surface area contributed by atoms with Crippen molar-refractivity contribution in [1.82, 2.24) is 14.5 Å². The fourth-order valence-corrected chi connectivity index (χ4v) is 4.28. The van der Waals surface area contributed by atoms with Gasteiger partial charge in [-0.15, -0.1) is 13.2 Å². The summed E-state index contributed by atoms with van der Waals surface area (Å²) in [6.07, 6.45) is -5.82. The summed E-state index contributed by atoms with van der Waals surface area (Å²) in [6.45, 7) is 5.15. The molecule has 1 aliphatic rings. The van der Waals surface area contributed by atoms with Crippen LogP contribution in [0, 0.1) is 6.92 Å². The molecule has 1 aromatic heterocycles. The number of aryl methyl sites for hydroxylation is 1. The molecule has 2 aromatic carbocycles. The lowest BCUT2D eigenvalue weighted by molar-refractivity contribution is -0.274. The molecule has 0 fully saturated rings. The topological polar surface area (TPSA) is 100.0 Å². The van der Waals surface area contributed by atoms with Crippen LogP contribution in [0.1, 0.15) is 42.5 Å². The highest BCUT2D eigenvalue weighted by Gasteiger charge is 2.33. The fourth-order valence-electron chi connectivity index (χ4n) is 4.28. The van der Waals surface area contributed by atoms with Crippen LogP contribution in [0.2, 0.25) is 0 Å². The Morgan fingerprint density at radius 1 is 1.00 bits per heavy atom. The number of ether oxygens (including phenoxy) is 3. The number of carbonyl (C=O) groups excluding carboxylic acids is 2. The summed E-state index contributed by atoms with van der Waals surface area (Å²) >= 11 is 0. The van der Waals surface area contributed by atoms with Crippen molar-refractivity contribution >= 4 is 12.1 Å². The highest BCUT2D eigenvalue weighted by molar-refractivity contribution is 5.78. The van der Waals surface area contributed by atoms with E-state index >= 15 is 0 Å². The van der Waals surface area contributed by atoms with Gasteiger partial charge in [0.1, 0.15) is 17.3 Å². The second-order valence-electron chi connectivity index (χ2n) is 9.12. The molecule has 1 atom stereocenters. The van der Waals surface area contributed by atoms with Gasteiger partial charge in [-0.25, -0.2) is 14.6 Å². The van der Waals surface area contributed by atoms with Crippen LogP contribution in [0.25, 0.3) is 0 Å². The van der Waals surface area contributed by atoms with Gasteiger partial charge >= 0.3 is 18.4 Å². The van der Waals surface area contributed by atoms with E-state index in [2.05, 4.69) is 9.72 Å². The number of fused-ring (bicyclic) bond motifs is 1. The number of halogens is 3. The third-order valence-corrected chi connectivity index (χ3v) is 5.91. The summed E-state index contributed by atoms with van der Waals surface area (Å²) in [5.41, 5.74) is 0.912. The van der Waals surface area contributed by atoms with E-state index in [1.165, 1.54) is 21.6 Å². The molecule has 39 heavy (non-hydrogen) atoms. The van der Waals surface area contributed by atoms with E-state index in [9.17, 15) is 27.6 Å². The average Bonchev–Trinajstić information content (AvgIpc) is 2.86. The van der Waals surface area contributed by atoms with Crippen molar-refractivity contribution in [3.8, 4) is 11.5 Å². The fraction of sp³-hybridized carbons (Fsp3) is 0.333. The quantitative estimate of drug-likeness (QED) is 0.419. The number of alkyl halides is 3. The molecule has 0 saturated carbocycles. The minimum absolute atomic E-state index is 0.0210. The largest absolute Gasteiger partial charge is 0.573 e. The first-order valence-corrected chi connectivity index (χ1v) is 12.1. The SMILES string of the molecule is Cc1nc2c(c(=O)n1C(C(=O)OC(C)C)c1ccccc1)CCN(C(=O)Oc1ccc(OC(F)(F)F)cc1)C2. The molecule has 0 radical (unpaired) electrons. The molecule has 1 aliphatic heterocycles. The maximum absolute atomic E-state index is 13.6. The van der Waals surface area contributed by atoms with E-state index in [0.29, 0.717) is 16.8 Å². The average molecular weight is 546 g/mol. The Balaban J connectivity index is 1.56. The van der Waals surface area contributed by atoms with E-state index in [-0.39, 0.29) is 31.1 Å². The lowest BCUT2D eigenvalue weighted by Gasteiger charge is -2.29. The number of hydrogen-bond acceptors (Lipinski definition) is 7. The number of amides is 1. The lowest BCUT2D eigenvalue weighted by atomic mass is 10.0. The smallest absolute Gasteiger partial charge is 0.461 e. The van der Waals surface area contributed by atoms with Crippen LogP contribution in [0.3, 0.4) is 0 Å². The van der Waals surface area contributed by atoms with E-state index in [1.54, 1.807) is 51.1 Å². The van der Waals surface area contributed by atoms with Crippen LogP contribution in [0.5, 0.6) is 11.5 Å². The molecule has 0 saturated heterocycles. The summed E-state index contributed by atoms with van der Waals surface area (Å²) in [6, 6.07) is 12.2. The maximum atomic E-state index is 13.6. The zero-order valence-electron chi connectivity index (χ0n) is 21.4. The van der Waals surface area contributed by atoms with Gasteiger partial charge in [-0.2, -0.15) is 0 Å². The second-order valence-corrected chi connectivity index (χ2v) is 9.12. The summed E-state index contributed by atoms with van der Waals surface area (Å²) in [7, 11) is 0. The Labute approximate surface area is 221 Å². The van der Waals surface area contributed by atoms with Crippen molar-refractivity contribution in [3.63, 3.8) is 0 Å². The molecule has 0 aliphatic carbocycles. The molecule has 0 spiro atoms. The molecule has 12 heteroatoms. The van der Waals surface area contributed by atoms with Gasteiger partial charge in [-0.05, 0) is 57.0 Å². The molecule has 3 aromatic rings. The van der Waals surface area contributed by atoms with Crippen LogP contribution in [0.15, 0.2) is 59.4 Å². The van der Waals surface area contributed by atoms with Crippen molar-refractivity contribution in [3.05, 3.63) is 87.6 Å². The molecule has 0 bridgehead atoms. The Morgan fingerprint density at radius 3 is 2.26 bits per heavy atom. The predicted octanol–water partition coefficient (Wildman–Crippen LogP) is 4.55. The summed E-state index contributed by atoms with van der Waals surface area (Å²) < 4.78 is 52.9. The molecule has 2 heterocycles. The van der Waals surface area contributed by atoms with E-state index < -0.39 is 41.9 Å². The van der Waals surface area contributed by atoms with Crippen molar-refractivity contribution in [2.45, 2.75) is 52.2 Å². The summed E-state index contributed by atoms with van der Waals surface area (Å²) in [4.78, 5) is 45.3. The van der Waals surface area contributed by atoms with Crippen molar-refractivity contribution in [1.29, 1.82) is 0 Å². The van der Waals surface area contributed by atoms with Crippen LogP contribution < -0.4 is 15.0 Å². The van der Waals surface area contributed by atoms with Gasteiger partial charge in [0, 0.05) is 12.1 Å². The van der Waals surface area contributed by atoms with E-state index in [4.69, 9.17) is 9.47 Å². The normalized spacial score (nSPS) is 14.0. The molecular formula is C27H26F3N3O6. The van der Waals surface area contributed by atoms with Gasteiger partial charge in [0.2, 0.25) is 0 Å². The van der Waals surface area contributed by atoms with Crippen LogP contribution in [-0.4, -0.2) is 45.5 Å². The zero-order chi connectivity index (χ0) is 28.3. The Morgan fingerprint density at radius 2 is 1.64 bits per heavy atom. The van der Waals surface area contributed by atoms with Gasteiger partial charge in [0.15, 0.2) is 6.04 Å². The molecule has 1 amide bonds. The Hall–Kier alpha value is -4.35. The minimum atomic E-state index is -4.83. The first kappa shape index (κ1) is 27.7. The van der Waals surface area contributed by atoms with E-state index in [0.717, 1.165) is 12.1 Å². The summed E-state index contributed by atoms with van der Waals surface area (Å²) in [5.74, 6) is -0.745. The number of nitrogens with zero attached hydrogens (tertiary/aromatic N) is 3. The third kappa shape index (κ3) is 6.57. The number of rotatable bonds is 6. The second kappa shape index (κ2) is 11.2. The van der Waals surface area contributed by atoms with E-state index in [1.807, 2.05) is 0 Å². The monoisotopic (exact) mass is 545 g/mol. The van der Waals surface area contributed by atoms with Crippen LogP contribution >= 0.6 is 0 Å². The highest BCUT2D eigenvalue weighted by Crippen LogP contribution is 2.26. The number of benzene rings is 2. The molecule has 206 valence electrons. The van der Waals surface area contributed by atoms with Crippen molar-refractivity contribution in [2.75, 3.05) is 6.54 Å². The number of hydrogen-bond donors (Lipinski definition) is 0. The minimum Gasteiger partial charge on any atom is -0.461 e. The standard InChI is InChI=1S/C27H26F3N3O6/c1-16(2)37-25(35)23(18-7-5-4-6-8-18)33-17(3)31-22-15-32(14-13-21(22)24(33)34)26(36)38-19-9-11-20(12-10-19)39-27(28,29)30/h4-12,16,23H,13-15H2,1-3H3. The van der Waals surface area contributed by atoms with Crippen molar-refractivity contribution in [2.24, 2.45) is 0 Å². The van der Waals surface area contributed by atoms with Gasteiger partial charge < -0.3 is 19.1 Å². The number of esters is 1. The first-order valence-electron chi connectivity index (χ1n) is 12.1. The summed E-state index contributed by atoms with van der Waals surface area (Å²) in [5, 5.41) is 0. The third-order valence-electron chi connectivity index (χ3n) is 5.91. The molecule has 9 nitrogen and oxygen atoms in total. The van der Waals surface area contributed by atoms with Crippen LogP contribution in [-0.2, 0) is 22.5 Å². The van der Waals surface area contributed by atoms with Gasteiger partial charge in [-0.3, -0.25) is 9.36 Å². The number of aromatic nitrogens is 2. The van der Waals surface area contributed by atoms with Crippen molar-refractivity contribution < 1.29 is 37.0 Å². The first-order chi connectivity index (χ1) is 18.4. The Kier molecular flexibility index (Phi) is 7.93. The lowest BCUT2D eigenvalue weighted by Crippen LogP contribution is -2.44. The van der Waals surface area contributed by atoms with Gasteiger partial charge in [0.25, 0.3) is 5.56 Å². The molecule has 1 unspecified atom stereocenters. The number of carbonyl (C=O) groups is 2. The van der Waals surface area contributed by atoms with Gasteiger partial charge in [0.05, 0.1) is 18.3 Å². The highest BCUT2D eigenvalue weighted by atomic mass is 19.4. The molecule has 0 N–H and O–H groups in total. The predicted molar refractivity (Wildman–Crippen MR) is 132 cm³/mol. The van der Waals surface area contributed by atoms with Crippen LogP contribution in [0.4, 0.5) is 18.0 Å². The Bertz CT molecular complexity index is 1410.